The summed E-state index contributed by atoms with van der Waals surface area (Å²) < 4.78 is 25.0. The fourth-order valence-electron chi connectivity index (χ4n) is 4.19. The Morgan fingerprint density at radius 2 is 1.90 bits per heavy atom. The van der Waals surface area contributed by atoms with Gasteiger partial charge in [-0.15, -0.1) is 0 Å². The van der Waals surface area contributed by atoms with Crippen molar-refractivity contribution in [2.24, 2.45) is 11.1 Å². The van der Waals surface area contributed by atoms with Crippen molar-refractivity contribution in [2.75, 3.05) is 0 Å². The Hall–Kier alpha value is -3.59. The van der Waals surface area contributed by atoms with Crippen molar-refractivity contribution < 1.29 is 18.7 Å². The molecule has 1 aliphatic carbocycles. The smallest absolute Gasteiger partial charge is 0.205 e. The summed E-state index contributed by atoms with van der Waals surface area (Å²) in [6.45, 7) is 4.23. The molecular formula is C25H23FN2O3. The molecular weight excluding hydrogens is 395 g/mol. The van der Waals surface area contributed by atoms with Crippen molar-refractivity contribution >= 4 is 5.78 Å². The van der Waals surface area contributed by atoms with E-state index in [1.807, 2.05) is 32.0 Å². The zero-order valence-electron chi connectivity index (χ0n) is 17.4. The van der Waals surface area contributed by atoms with Crippen LogP contribution in [0.15, 0.2) is 71.3 Å². The molecule has 4 rings (SSSR count). The highest BCUT2D eigenvalue weighted by Crippen LogP contribution is 2.49. The van der Waals surface area contributed by atoms with E-state index in [0.717, 1.165) is 5.56 Å². The van der Waals surface area contributed by atoms with Crippen molar-refractivity contribution in [2.45, 2.75) is 39.2 Å². The van der Waals surface area contributed by atoms with E-state index in [2.05, 4.69) is 6.07 Å². The minimum Gasteiger partial charge on any atom is -0.489 e. The molecule has 0 radical (unpaired) electrons. The number of halogens is 1. The second-order valence-electron chi connectivity index (χ2n) is 8.66. The van der Waals surface area contributed by atoms with Crippen LogP contribution in [0.5, 0.6) is 5.75 Å². The summed E-state index contributed by atoms with van der Waals surface area (Å²) in [5.74, 6) is 0.0559. The van der Waals surface area contributed by atoms with Gasteiger partial charge in [-0.25, -0.2) is 4.39 Å². The van der Waals surface area contributed by atoms with Crippen molar-refractivity contribution in [3.05, 3.63) is 88.3 Å². The number of Topliss-reactive ketones (excluding diaryl/α,β-unsaturated/α-hetero) is 1. The largest absolute Gasteiger partial charge is 0.489 e. The first-order valence-electron chi connectivity index (χ1n) is 10.1. The first-order chi connectivity index (χ1) is 14.8. The minimum atomic E-state index is -0.651. The lowest BCUT2D eigenvalue weighted by Gasteiger charge is -2.37. The highest BCUT2D eigenvalue weighted by Gasteiger charge is 2.43. The van der Waals surface area contributed by atoms with Crippen LogP contribution in [0.1, 0.15) is 43.7 Å². The van der Waals surface area contributed by atoms with E-state index >= 15 is 0 Å². The molecule has 1 atom stereocenters. The summed E-state index contributed by atoms with van der Waals surface area (Å²) in [4.78, 5) is 13.1. The lowest BCUT2D eigenvalue weighted by molar-refractivity contribution is -0.119. The van der Waals surface area contributed by atoms with Gasteiger partial charge in [-0.3, -0.25) is 4.79 Å². The van der Waals surface area contributed by atoms with Gasteiger partial charge in [-0.1, -0.05) is 44.2 Å². The Kier molecular flexibility index (Phi) is 5.28. The van der Waals surface area contributed by atoms with Crippen LogP contribution in [-0.2, 0) is 16.1 Å². The average Bonchev–Trinajstić information content (AvgIpc) is 2.71. The normalized spacial score (nSPS) is 20.1. The molecule has 31 heavy (non-hydrogen) atoms. The molecule has 0 bridgehead atoms. The molecule has 0 aromatic heterocycles. The maximum atomic E-state index is 13.2. The maximum Gasteiger partial charge on any atom is 0.205 e. The highest BCUT2D eigenvalue weighted by molar-refractivity contribution is 6.00. The summed E-state index contributed by atoms with van der Waals surface area (Å²) in [5.41, 5.74) is 8.00. The molecule has 2 aliphatic rings. The van der Waals surface area contributed by atoms with Crippen molar-refractivity contribution in [3.8, 4) is 11.8 Å². The number of carbonyl (C=O) groups is 1. The molecule has 0 spiro atoms. The number of nitriles is 1. The SMILES string of the molecule is CC1(C)CC(=O)C2=C(C1)OC(N)=C(C#N)[C@@H]2c1ccccc1OCc1ccc(F)cc1. The average molecular weight is 418 g/mol. The number of nitrogens with zero attached hydrogens (tertiary/aromatic N) is 1. The van der Waals surface area contributed by atoms with Gasteiger partial charge in [0.2, 0.25) is 5.88 Å². The van der Waals surface area contributed by atoms with Crippen LogP contribution in [0.2, 0.25) is 0 Å². The van der Waals surface area contributed by atoms with Gasteiger partial charge in [0.1, 0.15) is 35.6 Å². The van der Waals surface area contributed by atoms with E-state index in [1.54, 1.807) is 18.2 Å². The van der Waals surface area contributed by atoms with Crippen LogP contribution in [0.25, 0.3) is 0 Å². The van der Waals surface area contributed by atoms with Gasteiger partial charge >= 0.3 is 0 Å². The molecule has 2 aromatic carbocycles. The third-order valence-electron chi connectivity index (χ3n) is 5.61. The number of hydrogen-bond acceptors (Lipinski definition) is 5. The van der Waals surface area contributed by atoms with Crippen LogP contribution < -0.4 is 10.5 Å². The second kappa shape index (κ2) is 7.92. The first kappa shape index (κ1) is 20.7. The van der Waals surface area contributed by atoms with E-state index in [0.29, 0.717) is 35.5 Å². The van der Waals surface area contributed by atoms with Crippen LogP contribution in [-0.4, -0.2) is 5.78 Å². The molecule has 0 saturated heterocycles. The van der Waals surface area contributed by atoms with E-state index in [-0.39, 0.29) is 35.1 Å². The molecule has 1 heterocycles. The van der Waals surface area contributed by atoms with Gasteiger partial charge < -0.3 is 15.2 Å². The van der Waals surface area contributed by atoms with Crippen LogP contribution in [0.3, 0.4) is 0 Å². The predicted octanol–water partition coefficient (Wildman–Crippen LogP) is 4.86. The van der Waals surface area contributed by atoms with Crippen molar-refractivity contribution in [1.82, 2.24) is 0 Å². The molecule has 158 valence electrons. The number of rotatable bonds is 4. The molecule has 0 amide bonds. The summed E-state index contributed by atoms with van der Waals surface area (Å²) >= 11 is 0. The van der Waals surface area contributed by atoms with Crippen molar-refractivity contribution in [1.29, 1.82) is 5.26 Å². The number of benzene rings is 2. The number of nitrogens with two attached hydrogens (primary N) is 1. The topological polar surface area (TPSA) is 85.3 Å². The standard InChI is InChI=1S/C25H23FN2O3/c1-25(2)11-19(29)23-21(12-25)31-24(28)18(13-27)22(23)17-5-3-4-6-20(17)30-14-15-7-9-16(26)10-8-15/h3-10,22H,11-12,14,28H2,1-2H3/t22-/m0/s1. The molecule has 0 saturated carbocycles. The monoisotopic (exact) mass is 418 g/mol. The van der Waals surface area contributed by atoms with E-state index < -0.39 is 5.92 Å². The Morgan fingerprint density at radius 1 is 1.19 bits per heavy atom. The lowest BCUT2D eigenvalue weighted by atomic mass is 9.70. The quantitative estimate of drug-likeness (QED) is 0.767. The minimum absolute atomic E-state index is 0.0186. The molecule has 0 unspecified atom stereocenters. The van der Waals surface area contributed by atoms with Crippen LogP contribution >= 0.6 is 0 Å². The van der Waals surface area contributed by atoms with Gasteiger partial charge in [-0.05, 0) is 29.2 Å². The number of hydrogen-bond donors (Lipinski definition) is 1. The third kappa shape index (κ3) is 4.04. The van der Waals surface area contributed by atoms with Gasteiger partial charge in [0.05, 0.1) is 5.92 Å². The molecule has 6 heteroatoms. The second-order valence-corrected chi connectivity index (χ2v) is 8.66. The highest BCUT2D eigenvalue weighted by atomic mass is 19.1. The Bertz CT molecular complexity index is 1140. The Balaban J connectivity index is 1.75. The fourth-order valence-corrected chi connectivity index (χ4v) is 4.19. The third-order valence-corrected chi connectivity index (χ3v) is 5.61. The summed E-state index contributed by atoms with van der Waals surface area (Å²) in [6, 6.07) is 15.5. The maximum absolute atomic E-state index is 13.2. The Labute approximate surface area is 180 Å². The molecule has 1 aliphatic heterocycles. The number of ether oxygens (including phenoxy) is 2. The molecule has 2 N–H and O–H groups in total. The van der Waals surface area contributed by atoms with Gasteiger partial charge in [0.25, 0.3) is 0 Å². The molecule has 5 nitrogen and oxygen atoms in total. The first-order valence-corrected chi connectivity index (χ1v) is 10.1. The van der Waals surface area contributed by atoms with E-state index in [1.165, 1.54) is 12.1 Å². The number of carbonyl (C=O) groups excluding carboxylic acids is 1. The molecule has 2 aromatic rings. The fraction of sp³-hybridized carbons (Fsp3) is 0.280. The number of para-hydroxylation sites is 1. The van der Waals surface area contributed by atoms with E-state index in [9.17, 15) is 14.4 Å². The van der Waals surface area contributed by atoms with Gasteiger partial charge in [0.15, 0.2) is 5.78 Å². The number of ketones is 1. The number of allylic oxidation sites excluding steroid dienone is 3. The van der Waals surface area contributed by atoms with Crippen LogP contribution in [0, 0.1) is 22.6 Å². The summed E-state index contributed by atoms with van der Waals surface area (Å²) in [5, 5.41) is 9.82. The van der Waals surface area contributed by atoms with Gasteiger partial charge in [-0.2, -0.15) is 5.26 Å². The zero-order valence-corrected chi connectivity index (χ0v) is 17.4. The zero-order chi connectivity index (χ0) is 22.2. The predicted molar refractivity (Wildman–Crippen MR) is 113 cm³/mol. The van der Waals surface area contributed by atoms with E-state index in [4.69, 9.17) is 15.2 Å². The molecule has 0 fully saturated rings. The van der Waals surface area contributed by atoms with Crippen LogP contribution in [0.4, 0.5) is 4.39 Å². The van der Waals surface area contributed by atoms with Gasteiger partial charge in [0, 0.05) is 24.0 Å². The lowest BCUT2D eigenvalue weighted by Crippen LogP contribution is -2.33. The summed E-state index contributed by atoms with van der Waals surface area (Å²) in [6.07, 6.45) is 0.922. The Morgan fingerprint density at radius 3 is 2.61 bits per heavy atom. The van der Waals surface area contributed by atoms with Crippen molar-refractivity contribution in [3.63, 3.8) is 0 Å². The summed E-state index contributed by atoms with van der Waals surface area (Å²) in [7, 11) is 0.